The Morgan fingerprint density at radius 3 is 2.61 bits per heavy atom. The number of benzene rings is 2. The number of H-pyrrole nitrogens is 1. The summed E-state index contributed by atoms with van der Waals surface area (Å²) < 4.78 is 5.18. The highest BCUT2D eigenvalue weighted by Gasteiger charge is 2.23. The summed E-state index contributed by atoms with van der Waals surface area (Å²) in [6.45, 7) is 3.79. The van der Waals surface area contributed by atoms with Crippen molar-refractivity contribution in [1.29, 1.82) is 0 Å². The molecule has 1 heterocycles. The van der Waals surface area contributed by atoms with Crippen molar-refractivity contribution in [3.63, 3.8) is 0 Å². The van der Waals surface area contributed by atoms with E-state index in [0.29, 0.717) is 17.7 Å². The first kappa shape index (κ1) is 19.5. The zero-order chi connectivity index (χ0) is 20.1. The number of rotatable bonds is 7. The maximum absolute atomic E-state index is 12.8. The first-order chi connectivity index (χ1) is 13.5. The fourth-order valence-electron chi connectivity index (χ4n) is 3.12. The van der Waals surface area contributed by atoms with Gasteiger partial charge in [0, 0.05) is 35.1 Å². The van der Waals surface area contributed by atoms with Gasteiger partial charge >= 0.3 is 0 Å². The Bertz CT molecular complexity index is 978. The van der Waals surface area contributed by atoms with E-state index in [2.05, 4.69) is 15.6 Å². The second-order valence-corrected chi connectivity index (χ2v) is 6.98. The van der Waals surface area contributed by atoms with Gasteiger partial charge in [0.2, 0.25) is 5.91 Å². The quantitative estimate of drug-likeness (QED) is 0.590. The Morgan fingerprint density at radius 2 is 1.86 bits per heavy atom. The van der Waals surface area contributed by atoms with Crippen molar-refractivity contribution >= 4 is 22.7 Å². The van der Waals surface area contributed by atoms with Crippen LogP contribution in [0.2, 0.25) is 0 Å². The maximum atomic E-state index is 12.8. The highest BCUT2D eigenvalue weighted by Crippen LogP contribution is 2.19. The third-order valence-electron chi connectivity index (χ3n) is 4.48. The molecule has 6 nitrogen and oxygen atoms in total. The van der Waals surface area contributed by atoms with E-state index in [-0.39, 0.29) is 17.9 Å². The molecular weight excluding hydrogens is 354 g/mol. The molecule has 1 atom stereocenters. The van der Waals surface area contributed by atoms with Crippen molar-refractivity contribution < 1.29 is 14.3 Å². The van der Waals surface area contributed by atoms with E-state index in [9.17, 15) is 9.59 Å². The van der Waals surface area contributed by atoms with Crippen LogP contribution in [0.3, 0.4) is 0 Å². The fraction of sp³-hybridized carbons (Fsp3) is 0.273. The van der Waals surface area contributed by atoms with Crippen molar-refractivity contribution in [1.82, 2.24) is 15.6 Å². The molecule has 2 amide bonds. The number of amides is 2. The van der Waals surface area contributed by atoms with Gasteiger partial charge in [-0.3, -0.25) is 9.59 Å². The lowest BCUT2D eigenvalue weighted by Crippen LogP contribution is -2.49. The van der Waals surface area contributed by atoms with Gasteiger partial charge in [-0.05, 0) is 43.7 Å². The van der Waals surface area contributed by atoms with Crippen LogP contribution >= 0.6 is 0 Å². The normalized spacial score (nSPS) is 12.0. The van der Waals surface area contributed by atoms with Crippen LogP contribution in [-0.2, 0) is 11.2 Å². The molecule has 1 aromatic heterocycles. The SMILES string of the molecule is COc1cccc(C(=O)N[C@@H](Cc2c[nH]c3ccccc23)C(=O)NC(C)C)c1. The largest absolute Gasteiger partial charge is 0.497 e. The number of nitrogens with one attached hydrogen (secondary N) is 3. The molecule has 2 aromatic carbocycles. The molecule has 0 unspecified atom stereocenters. The molecule has 0 spiro atoms. The minimum absolute atomic E-state index is 0.0216. The van der Waals surface area contributed by atoms with Crippen LogP contribution in [-0.4, -0.2) is 36.0 Å². The van der Waals surface area contributed by atoms with Gasteiger partial charge in [0.15, 0.2) is 0 Å². The third-order valence-corrected chi connectivity index (χ3v) is 4.48. The summed E-state index contributed by atoms with van der Waals surface area (Å²) in [6.07, 6.45) is 2.27. The zero-order valence-corrected chi connectivity index (χ0v) is 16.3. The van der Waals surface area contributed by atoms with Crippen LogP contribution in [0, 0.1) is 0 Å². The van der Waals surface area contributed by atoms with E-state index in [1.54, 1.807) is 31.4 Å². The van der Waals surface area contributed by atoms with E-state index in [4.69, 9.17) is 4.74 Å². The van der Waals surface area contributed by atoms with Gasteiger partial charge in [-0.25, -0.2) is 0 Å². The van der Waals surface area contributed by atoms with E-state index in [1.165, 1.54) is 0 Å². The fourth-order valence-corrected chi connectivity index (χ4v) is 3.12. The predicted octanol–water partition coefficient (Wildman–Crippen LogP) is 3.04. The molecule has 0 bridgehead atoms. The van der Waals surface area contributed by atoms with Gasteiger partial charge in [0.1, 0.15) is 11.8 Å². The number of aromatic nitrogens is 1. The number of methoxy groups -OCH3 is 1. The number of carbonyl (C=O) groups is 2. The molecule has 28 heavy (non-hydrogen) atoms. The van der Waals surface area contributed by atoms with Gasteiger partial charge in [0.25, 0.3) is 5.91 Å². The van der Waals surface area contributed by atoms with Crippen molar-refractivity contribution in [2.24, 2.45) is 0 Å². The standard InChI is InChI=1S/C22H25N3O3/c1-14(2)24-22(27)20(12-16-13-23-19-10-5-4-9-18(16)19)25-21(26)15-7-6-8-17(11-15)28-3/h4-11,13-14,20,23H,12H2,1-3H3,(H,24,27)(H,25,26)/t20-/m0/s1. The second kappa shape index (κ2) is 8.61. The zero-order valence-electron chi connectivity index (χ0n) is 16.3. The molecule has 0 saturated carbocycles. The van der Waals surface area contributed by atoms with E-state index >= 15 is 0 Å². The molecule has 0 saturated heterocycles. The number of aromatic amines is 1. The van der Waals surface area contributed by atoms with Crippen LogP contribution in [0.25, 0.3) is 10.9 Å². The summed E-state index contributed by atoms with van der Waals surface area (Å²) in [7, 11) is 1.55. The molecule has 3 N–H and O–H groups in total. The van der Waals surface area contributed by atoms with Crippen LogP contribution < -0.4 is 15.4 Å². The van der Waals surface area contributed by atoms with Crippen molar-refractivity contribution in [3.8, 4) is 5.75 Å². The van der Waals surface area contributed by atoms with Gasteiger partial charge in [-0.2, -0.15) is 0 Å². The Kier molecular flexibility index (Phi) is 5.99. The first-order valence-corrected chi connectivity index (χ1v) is 9.28. The summed E-state index contributed by atoms with van der Waals surface area (Å²) >= 11 is 0. The lowest BCUT2D eigenvalue weighted by molar-refractivity contribution is -0.123. The van der Waals surface area contributed by atoms with Gasteiger partial charge in [0.05, 0.1) is 7.11 Å². The second-order valence-electron chi connectivity index (χ2n) is 6.98. The summed E-state index contributed by atoms with van der Waals surface area (Å²) in [5.41, 5.74) is 2.42. The summed E-state index contributed by atoms with van der Waals surface area (Å²) in [6, 6.07) is 14.0. The molecule has 0 aliphatic heterocycles. The topological polar surface area (TPSA) is 83.2 Å². The molecule has 0 aliphatic rings. The van der Waals surface area contributed by atoms with Crippen LogP contribution in [0.4, 0.5) is 0 Å². The Morgan fingerprint density at radius 1 is 1.07 bits per heavy atom. The van der Waals surface area contributed by atoms with Gasteiger partial charge < -0.3 is 20.4 Å². The highest BCUT2D eigenvalue weighted by molar-refractivity contribution is 5.98. The Balaban J connectivity index is 1.84. The Labute approximate surface area is 164 Å². The van der Waals surface area contributed by atoms with E-state index < -0.39 is 6.04 Å². The number of para-hydroxylation sites is 1. The third kappa shape index (κ3) is 4.52. The van der Waals surface area contributed by atoms with Crippen LogP contribution in [0.5, 0.6) is 5.75 Å². The van der Waals surface area contributed by atoms with E-state index in [1.807, 2.05) is 44.3 Å². The maximum Gasteiger partial charge on any atom is 0.252 e. The summed E-state index contributed by atoms with van der Waals surface area (Å²) in [5.74, 6) is 0.0617. The van der Waals surface area contributed by atoms with Gasteiger partial charge in [-0.1, -0.05) is 24.3 Å². The number of carbonyl (C=O) groups excluding carboxylic acids is 2. The van der Waals surface area contributed by atoms with Crippen molar-refractivity contribution in [2.75, 3.05) is 7.11 Å². The monoisotopic (exact) mass is 379 g/mol. The molecule has 3 rings (SSSR count). The number of hydrogen-bond donors (Lipinski definition) is 3. The molecule has 6 heteroatoms. The van der Waals surface area contributed by atoms with Crippen molar-refractivity contribution in [3.05, 3.63) is 65.9 Å². The molecule has 3 aromatic rings. The minimum atomic E-state index is -0.694. The molecule has 0 aliphatic carbocycles. The summed E-state index contributed by atoms with van der Waals surface area (Å²) in [4.78, 5) is 28.7. The average Bonchev–Trinajstić information content (AvgIpc) is 3.10. The summed E-state index contributed by atoms with van der Waals surface area (Å²) in [5, 5.41) is 6.81. The molecule has 0 radical (unpaired) electrons. The van der Waals surface area contributed by atoms with Crippen LogP contribution in [0.1, 0.15) is 29.8 Å². The van der Waals surface area contributed by atoms with E-state index in [0.717, 1.165) is 16.5 Å². The first-order valence-electron chi connectivity index (χ1n) is 9.28. The highest BCUT2D eigenvalue weighted by atomic mass is 16.5. The smallest absolute Gasteiger partial charge is 0.252 e. The molecular formula is C22H25N3O3. The van der Waals surface area contributed by atoms with Gasteiger partial charge in [-0.15, -0.1) is 0 Å². The number of hydrogen-bond acceptors (Lipinski definition) is 3. The predicted molar refractivity (Wildman–Crippen MR) is 110 cm³/mol. The Hall–Kier alpha value is -3.28. The average molecular weight is 379 g/mol. The lowest BCUT2D eigenvalue weighted by Gasteiger charge is -2.20. The number of fused-ring (bicyclic) bond motifs is 1. The number of ether oxygens (including phenoxy) is 1. The minimum Gasteiger partial charge on any atom is -0.497 e. The molecule has 0 fully saturated rings. The molecule has 146 valence electrons. The lowest BCUT2D eigenvalue weighted by atomic mass is 10.0. The van der Waals surface area contributed by atoms with Crippen LogP contribution in [0.15, 0.2) is 54.7 Å². The van der Waals surface area contributed by atoms with Crippen molar-refractivity contribution in [2.45, 2.75) is 32.4 Å².